The molecule has 0 aliphatic heterocycles. The quantitative estimate of drug-likeness (QED) is 0.0477. The molecule has 0 aromatic heterocycles. The lowest BCUT2D eigenvalue weighted by molar-refractivity contribution is -0.190. The second kappa shape index (κ2) is 29.0. The summed E-state index contributed by atoms with van der Waals surface area (Å²) in [5.74, 6) is 0.179. The predicted octanol–water partition coefficient (Wildman–Crippen LogP) is 10.1. The Balaban J connectivity index is 6.61. The van der Waals surface area contributed by atoms with Gasteiger partial charge < -0.3 is 28.4 Å². The molecule has 0 aliphatic carbocycles. The van der Waals surface area contributed by atoms with Gasteiger partial charge in [-0.05, 0) is 116 Å². The molecule has 0 fully saturated rings. The molecular weight excluding hydrogens is 841 g/mol. The van der Waals surface area contributed by atoms with Gasteiger partial charge in [0.15, 0.2) is 9.84 Å². The average Bonchev–Trinajstić information content (AvgIpc) is 3.09. The first-order valence-electron chi connectivity index (χ1n) is 25.2. The zero-order valence-corrected chi connectivity index (χ0v) is 47.6. The Morgan fingerprint density at radius 3 is 1.35 bits per heavy atom. The van der Waals surface area contributed by atoms with Crippen LogP contribution >= 0.6 is 0 Å². The molecule has 13 heteroatoms. The number of hydrogen-bond donors (Lipinski definition) is 1. The van der Waals surface area contributed by atoms with E-state index in [1.165, 1.54) is 0 Å². The van der Waals surface area contributed by atoms with E-state index in [4.69, 9.17) is 28.4 Å². The van der Waals surface area contributed by atoms with Crippen molar-refractivity contribution in [2.45, 2.75) is 200 Å². The van der Waals surface area contributed by atoms with Crippen molar-refractivity contribution in [2.24, 2.45) is 21.7 Å². The van der Waals surface area contributed by atoms with Crippen molar-refractivity contribution < 1.29 is 36.8 Å². The molecule has 0 spiro atoms. The Morgan fingerprint density at radius 2 is 0.831 bits per heavy atom. The summed E-state index contributed by atoms with van der Waals surface area (Å²) in [5.41, 5.74) is -1.33. The van der Waals surface area contributed by atoms with Crippen molar-refractivity contribution >= 4 is 9.84 Å². The van der Waals surface area contributed by atoms with Gasteiger partial charge in [0, 0.05) is 58.1 Å². The highest BCUT2D eigenvalue weighted by Gasteiger charge is 2.49. The smallest absolute Gasteiger partial charge is 0.151 e. The monoisotopic (exact) mass is 951 g/mol. The summed E-state index contributed by atoms with van der Waals surface area (Å²) in [4.78, 5) is 7.47. The lowest BCUT2D eigenvalue weighted by atomic mass is 9.91. The Hall–Kier alpha value is -0.450. The predicted molar refractivity (Wildman–Crippen MR) is 275 cm³/mol. The fraction of sp³-hybridized carbons (Fsp3) is 1.00. The second-order valence-electron chi connectivity index (χ2n) is 25.6. The molecule has 0 aromatic carbocycles. The van der Waals surface area contributed by atoms with Crippen molar-refractivity contribution in [3.8, 4) is 0 Å². The first-order chi connectivity index (χ1) is 29.4. The molecule has 0 bridgehead atoms. The van der Waals surface area contributed by atoms with Crippen LogP contribution in [0, 0.1) is 21.7 Å². The number of ether oxygens (including phenoxy) is 6. The molecule has 1 N–H and O–H groups in total. The fourth-order valence-corrected chi connectivity index (χ4v) is 9.60. The van der Waals surface area contributed by atoms with Gasteiger partial charge in [0.1, 0.15) is 0 Å². The number of hydrogen-bond acceptors (Lipinski definition) is 12. The van der Waals surface area contributed by atoms with Crippen LogP contribution in [0.3, 0.4) is 0 Å². The molecule has 392 valence electrons. The summed E-state index contributed by atoms with van der Waals surface area (Å²) in [5, 5.41) is 3.85. The van der Waals surface area contributed by atoms with Gasteiger partial charge in [0.05, 0.1) is 81.3 Å². The van der Waals surface area contributed by atoms with Gasteiger partial charge in [-0.2, -0.15) is 0 Å². The van der Waals surface area contributed by atoms with Crippen molar-refractivity contribution in [1.29, 1.82) is 0 Å². The third kappa shape index (κ3) is 31.4. The van der Waals surface area contributed by atoms with E-state index >= 15 is 0 Å². The van der Waals surface area contributed by atoms with E-state index < -0.39 is 26.8 Å². The SMILES string of the molecule is CC(C)(C)CCCOCCN(C(C)(C)NCCOCCOCCC(C)(C)C)C(C)(C)N(CCCOCCOCC(C)(C)C)C(C)(C)N(CCS(=O)(=O)CCCOCC(C)(C)C)C(C)(C)C. The van der Waals surface area contributed by atoms with Gasteiger partial charge in [-0.3, -0.25) is 20.0 Å². The van der Waals surface area contributed by atoms with Gasteiger partial charge in [0.2, 0.25) is 0 Å². The van der Waals surface area contributed by atoms with Gasteiger partial charge in [-0.15, -0.1) is 0 Å². The highest BCUT2D eigenvalue weighted by molar-refractivity contribution is 7.91. The molecule has 0 aliphatic rings. The third-order valence-corrected chi connectivity index (χ3v) is 13.2. The van der Waals surface area contributed by atoms with Crippen LogP contribution in [-0.2, 0) is 38.3 Å². The van der Waals surface area contributed by atoms with Crippen molar-refractivity contribution in [3.05, 3.63) is 0 Å². The zero-order chi connectivity index (χ0) is 50.4. The molecule has 0 heterocycles. The molecule has 65 heavy (non-hydrogen) atoms. The zero-order valence-electron chi connectivity index (χ0n) is 46.8. The first kappa shape index (κ1) is 64.5. The van der Waals surface area contributed by atoms with Gasteiger partial charge in [-0.1, -0.05) is 83.1 Å². The lowest BCUT2D eigenvalue weighted by Crippen LogP contribution is -2.75. The largest absolute Gasteiger partial charge is 0.381 e. The second-order valence-corrected chi connectivity index (χ2v) is 27.9. The van der Waals surface area contributed by atoms with E-state index in [0.717, 1.165) is 32.3 Å². The number of sulfone groups is 1. The average molecular weight is 952 g/mol. The Bertz CT molecular complexity index is 1340. The van der Waals surface area contributed by atoms with E-state index in [1.54, 1.807) is 0 Å². The highest BCUT2D eigenvalue weighted by Crippen LogP contribution is 2.37. The molecule has 0 aromatic rings. The maximum atomic E-state index is 13.7. The molecule has 0 rings (SSSR count). The summed E-state index contributed by atoms with van der Waals surface area (Å²) >= 11 is 0. The van der Waals surface area contributed by atoms with Crippen LogP contribution < -0.4 is 5.32 Å². The molecule has 0 radical (unpaired) electrons. The minimum Gasteiger partial charge on any atom is -0.381 e. The maximum Gasteiger partial charge on any atom is 0.151 e. The molecule has 12 nitrogen and oxygen atoms in total. The Kier molecular flexibility index (Phi) is 28.8. The molecule has 0 saturated carbocycles. The standard InChI is InChI=1S/C52H110N4O8S/c1-45(2,3)25-22-31-59-36-29-55(50(16,17)53-27-35-62-38-37-61-34-26-46(4,5)6)52(20,21)56(28-23-32-60-39-40-64-44-48(10,11)12)51(18,19)54(49(13,14)15)30-42-65(57,58)41-24-33-63-43-47(7,8)9/h53H,22-44H2,1-21H3. The van der Waals surface area contributed by atoms with Crippen molar-refractivity contribution in [2.75, 3.05) is 117 Å². The van der Waals surface area contributed by atoms with Crippen LogP contribution in [0.2, 0.25) is 0 Å². The Morgan fingerprint density at radius 1 is 0.385 bits per heavy atom. The van der Waals surface area contributed by atoms with Crippen LogP contribution in [0.15, 0.2) is 0 Å². The van der Waals surface area contributed by atoms with Crippen LogP contribution in [0.25, 0.3) is 0 Å². The lowest BCUT2D eigenvalue weighted by Gasteiger charge is -2.61. The summed E-state index contributed by atoms with van der Waals surface area (Å²) in [7, 11) is -3.34. The number of nitrogens with zero attached hydrogens (tertiary/aromatic N) is 3. The highest BCUT2D eigenvalue weighted by atomic mass is 32.2. The third-order valence-electron chi connectivity index (χ3n) is 11.5. The first-order valence-corrected chi connectivity index (χ1v) is 27.0. The minimum absolute atomic E-state index is 0.0412. The van der Waals surface area contributed by atoms with E-state index in [1.807, 2.05) is 0 Å². The summed E-state index contributed by atoms with van der Waals surface area (Å²) < 4.78 is 63.5. The molecule has 0 amide bonds. The minimum atomic E-state index is -3.34. The van der Waals surface area contributed by atoms with Crippen LogP contribution in [0.1, 0.15) is 178 Å². The van der Waals surface area contributed by atoms with E-state index in [2.05, 4.69) is 165 Å². The van der Waals surface area contributed by atoms with Crippen LogP contribution in [0.5, 0.6) is 0 Å². The van der Waals surface area contributed by atoms with Gasteiger partial charge in [0.25, 0.3) is 0 Å². The molecule has 0 atom stereocenters. The van der Waals surface area contributed by atoms with Crippen molar-refractivity contribution in [1.82, 2.24) is 20.0 Å². The van der Waals surface area contributed by atoms with Gasteiger partial charge in [-0.25, -0.2) is 8.42 Å². The van der Waals surface area contributed by atoms with E-state index in [-0.39, 0.29) is 38.7 Å². The van der Waals surface area contributed by atoms with Crippen LogP contribution in [-0.4, -0.2) is 163 Å². The maximum absolute atomic E-state index is 13.7. The fourth-order valence-electron chi connectivity index (χ4n) is 8.38. The molecule has 0 saturated heterocycles. The van der Waals surface area contributed by atoms with E-state index in [0.29, 0.717) is 105 Å². The van der Waals surface area contributed by atoms with Crippen LogP contribution in [0.4, 0.5) is 0 Å². The summed E-state index contributed by atoms with van der Waals surface area (Å²) in [6.45, 7) is 56.2. The molecule has 0 unspecified atom stereocenters. The van der Waals surface area contributed by atoms with Crippen molar-refractivity contribution in [3.63, 3.8) is 0 Å². The Labute approximate surface area is 403 Å². The number of rotatable bonds is 36. The van der Waals surface area contributed by atoms with E-state index in [9.17, 15) is 8.42 Å². The van der Waals surface area contributed by atoms with Gasteiger partial charge >= 0.3 is 0 Å². The normalized spacial score (nSPS) is 14.5. The summed E-state index contributed by atoms with van der Waals surface area (Å²) in [6.07, 6.45) is 4.41. The molecular formula is C52H110N4O8S. The summed E-state index contributed by atoms with van der Waals surface area (Å²) in [6, 6.07) is 0. The topological polar surface area (TPSA) is 111 Å². The number of nitrogens with one attached hydrogen (secondary N) is 1.